The predicted octanol–water partition coefficient (Wildman–Crippen LogP) is 2.31. The third kappa shape index (κ3) is 2.80. The third-order valence-electron chi connectivity index (χ3n) is 4.55. The fourth-order valence-corrected chi connectivity index (χ4v) is 3.04. The molecule has 0 spiro atoms. The van der Waals surface area contributed by atoms with Crippen LogP contribution in [-0.2, 0) is 0 Å². The van der Waals surface area contributed by atoms with Crippen LogP contribution in [0.1, 0.15) is 22.3 Å². The van der Waals surface area contributed by atoms with Crippen LogP contribution in [0.15, 0.2) is 59.5 Å². The standard InChI is InChI=1S/C19H14N6O2/c26-19(16-9-21-14-5-1-2-6-15(14)22-16)25-10-13(11-25)18-23-17(24-27-18)12-4-3-7-20-8-12/h1-9,13H,10-11H2. The number of likely N-dealkylation sites (tertiary alicyclic amines) is 1. The number of carbonyl (C=O) groups excluding carboxylic acids is 1. The van der Waals surface area contributed by atoms with E-state index in [1.807, 2.05) is 36.4 Å². The summed E-state index contributed by atoms with van der Waals surface area (Å²) in [7, 11) is 0. The van der Waals surface area contributed by atoms with E-state index in [4.69, 9.17) is 4.52 Å². The molecule has 0 unspecified atom stereocenters. The largest absolute Gasteiger partial charge is 0.339 e. The van der Waals surface area contributed by atoms with Crippen LogP contribution < -0.4 is 0 Å². The lowest BCUT2D eigenvalue weighted by molar-refractivity contribution is 0.0563. The molecule has 1 aromatic carbocycles. The topological polar surface area (TPSA) is 97.9 Å². The third-order valence-corrected chi connectivity index (χ3v) is 4.55. The average Bonchev–Trinajstić information content (AvgIpc) is 3.17. The van der Waals surface area contributed by atoms with E-state index in [0.717, 1.165) is 11.1 Å². The highest BCUT2D eigenvalue weighted by molar-refractivity contribution is 5.94. The van der Waals surface area contributed by atoms with Crippen LogP contribution >= 0.6 is 0 Å². The molecule has 8 nitrogen and oxygen atoms in total. The van der Waals surface area contributed by atoms with Gasteiger partial charge in [0, 0.05) is 31.0 Å². The molecule has 27 heavy (non-hydrogen) atoms. The van der Waals surface area contributed by atoms with Crippen molar-refractivity contribution in [1.29, 1.82) is 0 Å². The van der Waals surface area contributed by atoms with Crippen molar-refractivity contribution in [3.8, 4) is 11.4 Å². The number of carbonyl (C=O) groups is 1. The highest BCUT2D eigenvalue weighted by Gasteiger charge is 2.36. The monoisotopic (exact) mass is 358 g/mol. The Morgan fingerprint density at radius 3 is 2.70 bits per heavy atom. The van der Waals surface area contributed by atoms with E-state index in [-0.39, 0.29) is 11.8 Å². The van der Waals surface area contributed by atoms with Crippen molar-refractivity contribution in [3.63, 3.8) is 0 Å². The lowest BCUT2D eigenvalue weighted by Crippen LogP contribution is -2.48. The lowest BCUT2D eigenvalue weighted by atomic mass is 9.99. The van der Waals surface area contributed by atoms with E-state index in [1.54, 1.807) is 17.3 Å². The Hall–Kier alpha value is -3.68. The second kappa shape index (κ2) is 6.24. The SMILES string of the molecule is O=C(c1cnc2ccccc2n1)N1CC(c2nc(-c3cccnc3)no2)C1. The van der Waals surface area contributed by atoms with Gasteiger partial charge in [-0.15, -0.1) is 0 Å². The van der Waals surface area contributed by atoms with Crippen LogP contribution in [0.2, 0.25) is 0 Å². The first-order valence-electron chi connectivity index (χ1n) is 8.53. The second-order valence-electron chi connectivity index (χ2n) is 6.35. The molecule has 1 amide bonds. The number of nitrogens with zero attached hydrogens (tertiary/aromatic N) is 6. The minimum Gasteiger partial charge on any atom is -0.339 e. The van der Waals surface area contributed by atoms with E-state index in [0.29, 0.717) is 36.0 Å². The number of para-hydroxylation sites is 2. The first-order chi connectivity index (χ1) is 13.3. The minimum absolute atomic E-state index is 0.0280. The van der Waals surface area contributed by atoms with Gasteiger partial charge in [-0.3, -0.25) is 14.8 Å². The van der Waals surface area contributed by atoms with Gasteiger partial charge in [0.15, 0.2) is 0 Å². The van der Waals surface area contributed by atoms with Gasteiger partial charge < -0.3 is 9.42 Å². The van der Waals surface area contributed by atoms with Gasteiger partial charge in [-0.05, 0) is 24.3 Å². The molecule has 0 atom stereocenters. The molecular formula is C19H14N6O2. The summed E-state index contributed by atoms with van der Waals surface area (Å²) in [6, 6.07) is 11.2. The molecule has 3 aromatic heterocycles. The van der Waals surface area contributed by atoms with Crippen LogP contribution in [0.4, 0.5) is 0 Å². The number of aromatic nitrogens is 5. The van der Waals surface area contributed by atoms with Gasteiger partial charge in [-0.25, -0.2) is 4.98 Å². The Labute approximate surface area is 153 Å². The van der Waals surface area contributed by atoms with Crippen LogP contribution in [-0.4, -0.2) is 49.0 Å². The Bertz CT molecular complexity index is 1120. The second-order valence-corrected chi connectivity index (χ2v) is 6.35. The summed E-state index contributed by atoms with van der Waals surface area (Å²) in [6.07, 6.45) is 4.89. The van der Waals surface area contributed by atoms with E-state index in [2.05, 4.69) is 25.1 Å². The van der Waals surface area contributed by atoms with Crippen molar-refractivity contribution in [2.24, 2.45) is 0 Å². The molecule has 8 heteroatoms. The fourth-order valence-electron chi connectivity index (χ4n) is 3.04. The fraction of sp³-hybridized carbons (Fsp3) is 0.158. The van der Waals surface area contributed by atoms with Crippen molar-refractivity contribution >= 4 is 16.9 Å². The Morgan fingerprint density at radius 2 is 1.89 bits per heavy atom. The summed E-state index contributed by atoms with van der Waals surface area (Å²) in [6.45, 7) is 1.03. The summed E-state index contributed by atoms with van der Waals surface area (Å²) in [5, 5.41) is 4.00. The Kier molecular flexibility index (Phi) is 3.60. The van der Waals surface area contributed by atoms with Crippen molar-refractivity contribution < 1.29 is 9.32 Å². The lowest BCUT2D eigenvalue weighted by Gasteiger charge is -2.36. The number of hydrogen-bond donors (Lipinski definition) is 0. The van der Waals surface area contributed by atoms with Gasteiger partial charge in [0.05, 0.1) is 23.1 Å². The van der Waals surface area contributed by atoms with E-state index in [1.165, 1.54) is 6.20 Å². The van der Waals surface area contributed by atoms with E-state index < -0.39 is 0 Å². The first-order valence-corrected chi connectivity index (χ1v) is 8.53. The van der Waals surface area contributed by atoms with Crippen molar-refractivity contribution in [2.75, 3.05) is 13.1 Å². The Balaban J connectivity index is 1.29. The van der Waals surface area contributed by atoms with E-state index >= 15 is 0 Å². The zero-order valence-electron chi connectivity index (χ0n) is 14.2. The molecule has 1 aliphatic heterocycles. The quantitative estimate of drug-likeness (QED) is 0.554. The van der Waals surface area contributed by atoms with Crippen LogP contribution in [0.3, 0.4) is 0 Å². The maximum Gasteiger partial charge on any atom is 0.274 e. The first kappa shape index (κ1) is 15.6. The zero-order valence-corrected chi connectivity index (χ0v) is 14.2. The minimum atomic E-state index is -0.142. The van der Waals surface area contributed by atoms with Gasteiger partial charge >= 0.3 is 0 Å². The van der Waals surface area contributed by atoms with Crippen molar-refractivity contribution in [1.82, 2.24) is 30.0 Å². The average molecular weight is 358 g/mol. The number of hydrogen-bond acceptors (Lipinski definition) is 7. The number of fused-ring (bicyclic) bond motifs is 1. The van der Waals surface area contributed by atoms with Gasteiger partial charge in [-0.1, -0.05) is 17.3 Å². The van der Waals surface area contributed by atoms with Gasteiger partial charge in [0.1, 0.15) is 5.69 Å². The molecule has 4 aromatic rings. The van der Waals surface area contributed by atoms with Gasteiger partial charge in [0.25, 0.3) is 5.91 Å². The number of rotatable bonds is 3. The molecule has 0 aliphatic carbocycles. The summed E-state index contributed by atoms with van der Waals surface area (Å²) in [4.78, 5) is 31.5. The van der Waals surface area contributed by atoms with Crippen LogP contribution in [0.5, 0.6) is 0 Å². The zero-order chi connectivity index (χ0) is 18.2. The van der Waals surface area contributed by atoms with E-state index in [9.17, 15) is 4.79 Å². The molecule has 4 heterocycles. The molecule has 1 saturated heterocycles. The molecule has 0 radical (unpaired) electrons. The summed E-state index contributed by atoms with van der Waals surface area (Å²) < 4.78 is 5.36. The number of benzene rings is 1. The highest BCUT2D eigenvalue weighted by atomic mass is 16.5. The molecule has 5 rings (SSSR count). The molecule has 0 saturated carbocycles. The number of amides is 1. The normalized spacial score (nSPS) is 14.3. The smallest absolute Gasteiger partial charge is 0.274 e. The van der Waals surface area contributed by atoms with Gasteiger partial charge in [-0.2, -0.15) is 4.98 Å². The molecule has 1 aliphatic rings. The maximum atomic E-state index is 12.6. The summed E-state index contributed by atoms with van der Waals surface area (Å²) in [5.74, 6) is 0.919. The van der Waals surface area contributed by atoms with Crippen LogP contribution in [0.25, 0.3) is 22.4 Å². The van der Waals surface area contributed by atoms with Gasteiger partial charge in [0.2, 0.25) is 11.7 Å². The Morgan fingerprint density at radius 1 is 1.04 bits per heavy atom. The molecule has 0 N–H and O–H groups in total. The molecular weight excluding hydrogens is 344 g/mol. The highest BCUT2D eigenvalue weighted by Crippen LogP contribution is 2.28. The number of pyridine rings is 1. The predicted molar refractivity (Wildman–Crippen MR) is 95.7 cm³/mol. The summed E-state index contributed by atoms with van der Waals surface area (Å²) in [5.41, 5.74) is 2.61. The van der Waals surface area contributed by atoms with Crippen molar-refractivity contribution in [2.45, 2.75) is 5.92 Å². The van der Waals surface area contributed by atoms with Crippen LogP contribution in [0, 0.1) is 0 Å². The molecule has 0 bridgehead atoms. The molecule has 1 fully saturated rings. The van der Waals surface area contributed by atoms with Crippen molar-refractivity contribution in [3.05, 3.63) is 66.6 Å². The molecule has 132 valence electrons. The summed E-state index contributed by atoms with van der Waals surface area (Å²) >= 11 is 0. The maximum absolute atomic E-state index is 12.6.